The number of likely N-dealkylation sites (tertiary alicyclic amines) is 1. The van der Waals surface area contributed by atoms with E-state index >= 15 is 0 Å². The third kappa shape index (κ3) is 5.67. The highest BCUT2D eigenvalue weighted by atomic mass is 19.3. The molecule has 2 aliphatic rings. The van der Waals surface area contributed by atoms with E-state index in [0.717, 1.165) is 19.4 Å². The summed E-state index contributed by atoms with van der Waals surface area (Å²) in [6.45, 7) is -1.39. The van der Waals surface area contributed by atoms with Gasteiger partial charge in [-0.05, 0) is 43.7 Å². The van der Waals surface area contributed by atoms with E-state index in [1.165, 1.54) is 44.2 Å². The fourth-order valence-electron chi connectivity index (χ4n) is 4.53. The number of ether oxygens (including phenoxy) is 1. The molecule has 1 aromatic carbocycles. The molecule has 7 heteroatoms. The first-order chi connectivity index (χ1) is 14.0. The fourth-order valence-corrected chi connectivity index (χ4v) is 4.53. The Labute approximate surface area is 171 Å². The Balaban J connectivity index is 1.62. The SMILES string of the molecule is CN(CC1CCCCC1)C(=O)C1CCCN(C(=O)c2ccccc2OC(F)F)C1. The predicted molar refractivity (Wildman–Crippen MR) is 106 cm³/mol. The molecular formula is C22H30F2N2O3. The molecule has 2 amide bonds. The van der Waals surface area contributed by atoms with Crippen molar-refractivity contribution in [3.63, 3.8) is 0 Å². The van der Waals surface area contributed by atoms with E-state index in [2.05, 4.69) is 4.74 Å². The van der Waals surface area contributed by atoms with E-state index in [0.29, 0.717) is 19.0 Å². The second-order valence-corrected chi connectivity index (χ2v) is 8.19. The predicted octanol–water partition coefficient (Wildman–Crippen LogP) is 4.18. The van der Waals surface area contributed by atoms with Crippen LogP contribution in [-0.4, -0.2) is 54.9 Å². The van der Waals surface area contributed by atoms with Crippen LogP contribution in [0.4, 0.5) is 8.78 Å². The van der Waals surface area contributed by atoms with Gasteiger partial charge in [-0.25, -0.2) is 0 Å². The number of rotatable bonds is 6. The van der Waals surface area contributed by atoms with Crippen molar-refractivity contribution in [2.24, 2.45) is 11.8 Å². The first-order valence-electron chi connectivity index (χ1n) is 10.5. The van der Waals surface area contributed by atoms with Gasteiger partial charge in [0.05, 0.1) is 11.5 Å². The summed E-state index contributed by atoms with van der Waals surface area (Å²) in [7, 11) is 1.85. The molecule has 1 aliphatic heterocycles. The number of amides is 2. The summed E-state index contributed by atoms with van der Waals surface area (Å²) in [4.78, 5) is 29.3. The molecule has 160 valence electrons. The summed E-state index contributed by atoms with van der Waals surface area (Å²) >= 11 is 0. The van der Waals surface area contributed by atoms with Gasteiger partial charge in [-0.1, -0.05) is 31.4 Å². The van der Waals surface area contributed by atoms with Crippen molar-refractivity contribution in [2.45, 2.75) is 51.6 Å². The average Bonchev–Trinajstić information content (AvgIpc) is 2.73. The van der Waals surface area contributed by atoms with E-state index < -0.39 is 6.61 Å². The quantitative estimate of drug-likeness (QED) is 0.710. The second-order valence-electron chi connectivity index (χ2n) is 8.19. The number of halogens is 2. The average molecular weight is 408 g/mol. The van der Waals surface area contributed by atoms with Crippen molar-refractivity contribution >= 4 is 11.8 Å². The molecule has 0 spiro atoms. The molecule has 0 radical (unpaired) electrons. The second kappa shape index (κ2) is 10.0. The number of alkyl halides is 2. The number of para-hydroxylation sites is 1. The maximum atomic E-state index is 13.0. The number of carbonyl (C=O) groups is 2. The van der Waals surface area contributed by atoms with Gasteiger partial charge >= 0.3 is 6.61 Å². The molecule has 1 saturated heterocycles. The van der Waals surface area contributed by atoms with Gasteiger partial charge in [-0.3, -0.25) is 9.59 Å². The van der Waals surface area contributed by atoms with Crippen LogP contribution in [-0.2, 0) is 4.79 Å². The number of carbonyl (C=O) groups excluding carboxylic acids is 2. The maximum Gasteiger partial charge on any atom is 0.387 e. The molecule has 1 aromatic rings. The van der Waals surface area contributed by atoms with Crippen LogP contribution in [0.2, 0.25) is 0 Å². The van der Waals surface area contributed by atoms with Crippen LogP contribution in [0.1, 0.15) is 55.3 Å². The molecule has 5 nitrogen and oxygen atoms in total. The molecule has 3 rings (SSSR count). The lowest BCUT2D eigenvalue weighted by Gasteiger charge is -2.35. The van der Waals surface area contributed by atoms with Gasteiger partial charge in [-0.2, -0.15) is 8.78 Å². The van der Waals surface area contributed by atoms with Gasteiger partial charge in [0.25, 0.3) is 5.91 Å². The fraction of sp³-hybridized carbons (Fsp3) is 0.636. The van der Waals surface area contributed by atoms with E-state index in [4.69, 9.17) is 0 Å². The summed E-state index contributed by atoms with van der Waals surface area (Å²) in [5.74, 6) is -0.101. The topological polar surface area (TPSA) is 49.9 Å². The number of piperidine rings is 1. The van der Waals surface area contributed by atoms with Gasteiger partial charge < -0.3 is 14.5 Å². The molecule has 1 saturated carbocycles. The number of hydrogen-bond donors (Lipinski definition) is 0. The van der Waals surface area contributed by atoms with Gasteiger partial charge in [0.1, 0.15) is 5.75 Å². The van der Waals surface area contributed by atoms with Crippen LogP contribution in [0.25, 0.3) is 0 Å². The third-order valence-corrected chi connectivity index (χ3v) is 6.02. The van der Waals surface area contributed by atoms with Crippen LogP contribution in [0, 0.1) is 11.8 Å². The van der Waals surface area contributed by atoms with Crippen LogP contribution < -0.4 is 4.74 Å². The van der Waals surface area contributed by atoms with Crippen LogP contribution in [0.5, 0.6) is 5.75 Å². The molecule has 2 fully saturated rings. The monoisotopic (exact) mass is 408 g/mol. The number of nitrogens with zero attached hydrogens (tertiary/aromatic N) is 2. The molecule has 29 heavy (non-hydrogen) atoms. The molecule has 1 aliphatic carbocycles. The minimum Gasteiger partial charge on any atom is -0.434 e. The number of benzene rings is 1. The summed E-state index contributed by atoms with van der Waals surface area (Å²) in [6, 6.07) is 6.03. The molecule has 1 heterocycles. The third-order valence-electron chi connectivity index (χ3n) is 6.02. The van der Waals surface area contributed by atoms with Crippen molar-refractivity contribution < 1.29 is 23.1 Å². The lowest BCUT2D eigenvalue weighted by Crippen LogP contribution is -2.46. The lowest BCUT2D eigenvalue weighted by atomic mass is 9.88. The largest absolute Gasteiger partial charge is 0.434 e. The van der Waals surface area contributed by atoms with Crippen molar-refractivity contribution in [3.8, 4) is 5.75 Å². The summed E-state index contributed by atoms with van der Waals surface area (Å²) < 4.78 is 29.8. The zero-order valence-corrected chi connectivity index (χ0v) is 17.0. The zero-order valence-electron chi connectivity index (χ0n) is 17.0. The van der Waals surface area contributed by atoms with E-state index in [1.807, 2.05) is 11.9 Å². The molecule has 0 bridgehead atoms. The van der Waals surface area contributed by atoms with Crippen molar-refractivity contribution in [1.29, 1.82) is 0 Å². The maximum absolute atomic E-state index is 13.0. The smallest absolute Gasteiger partial charge is 0.387 e. The Morgan fingerprint density at radius 3 is 2.59 bits per heavy atom. The minimum atomic E-state index is -2.99. The van der Waals surface area contributed by atoms with Gasteiger partial charge in [0.2, 0.25) is 5.91 Å². The van der Waals surface area contributed by atoms with Crippen LogP contribution >= 0.6 is 0 Å². The van der Waals surface area contributed by atoms with Crippen molar-refractivity contribution in [1.82, 2.24) is 9.80 Å². The summed E-state index contributed by atoms with van der Waals surface area (Å²) in [5.41, 5.74) is 0.108. The van der Waals surface area contributed by atoms with Gasteiger partial charge in [0.15, 0.2) is 0 Å². The Morgan fingerprint density at radius 2 is 1.86 bits per heavy atom. The Morgan fingerprint density at radius 1 is 1.14 bits per heavy atom. The van der Waals surface area contributed by atoms with Crippen molar-refractivity contribution in [2.75, 3.05) is 26.7 Å². The molecule has 0 N–H and O–H groups in total. The Kier molecular flexibility index (Phi) is 7.45. The first-order valence-corrected chi connectivity index (χ1v) is 10.5. The van der Waals surface area contributed by atoms with Crippen LogP contribution in [0.3, 0.4) is 0 Å². The highest BCUT2D eigenvalue weighted by molar-refractivity contribution is 5.97. The van der Waals surface area contributed by atoms with Gasteiger partial charge in [0, 0.05) is 26.7 Å². The molecule has 1 unspecified atom stereocenters. The first kappa shape index (κ1) is 21.5. The van der Waals surface area contributed by atoms with Crippen molar-refractivity contribution in [3.05, 3.63) is 29.8 Å². The zero-order chi connectivity index (χ0) is 20.8. The van der Waals surface area contributed by atoms with E-state index in [-0.39, 0.29) is 29.0 Å². The molecular weight excluding hydrogens is 378 g/mol. The Bertz CT molecular complexity index is 707. The van der Waals surface area contributed by atoms with E-state index in [9.17, 15) is 18.4 Å². The highest BCUT2D eigenvalue weighted by Gasteiger charge is 2.32. The Hall–Kier alpha value is -2.18. The van der Waals surface area contributed by atoms with E-state index in [1.54, 1.807) is 17.0 Å². The lowest BCUT2D eigenvalue weighted by molar-refractivity contribution is -0.136. The van der Waals surface area contributed by atoms with Crippen LogP contribution in [0.15, 0.2) is 24.3 Å². The highest BCUT2D eigenvalue weighted by Crippen LogP contribution is 2.27. The summed E-state index contributed by atoms with van der Waals surface area (Å²) in [5, 5.41) is 0. The summed E-state index contributed by atoms with van der Waals surface area (Å²) in [6.07, 6.45) is 7.56. The van der Waals surface area contributed by atoms with Gasteiger partial charge in [-0.15, -0.1) is 0 Å². The minimum absolute atomic E-state index is 0.0742. The standard InChI is InChI=1S/C22H30F2N2O3/c1-25(14-16-8-3-2-4-9-16)20(27)17-10-7-13-26(15-17)21(28)18-11-5-6-12-19(18)29-22(23)24/h5-6,11-12,16-17,22H,2-4,7-10,13-15H2,1H3. The number of hydrogen-bond acceptors (Lipinski definition) is 3. The molecule has 1 atom stereocenters. The normalized spacial score (nSPS) is 20.6. The molecule has 0 aromatic heterocycles.